The first-order valence-corrected chi connectivity index (χ1v) is 23.7. The summed E-state index contributed by atoms with van der Waals surface area (Å²) in [5.41, 5.74) is 8.87. The average molecular weight is 769 g/mol. The molecule has 0 N–H and O–H groups in total. The lowest BCUT2D eigenvalue weighted by Crippen LogP contribution is -2.50. The summed E-state index contributed by atoms with van der Waals surface area (Å²) in [6.07, 6.45) is 0. The fourth-order valence-corrected chi connectivity index (χ4v) is 25.7. The molecule has 0 radical (unpaired) electrons. The lowest BCUT2D eigenvalue weighted by molar-refractivity contribution is 0.147. The molecular weight excluding hydrogens is 769 g/mol. The Labute approximate surface area is 338 Å². The summed E-state index contributed by atoms with van der Waals surface area (Å²) in [6, 6.07) is 0. The minimum absolute atomic E-state index is 0.549. The van der Waals surface area contributed by atoms with Crippen LogP contribution >= 0.6 is 0 Å². The Morgan fingerprint density at radius 3 is 0.571 bits per heavy atom. The molecule has 3 fully saturated rings. The van der Waals surface area contributed by atoms with Crippen LogP contribution in [0.15, 0.2) is 0 Å². The van der Waals surface area contributed by atoms with Crippen molar-refractivity contribution in [2.45, 2.75) is 33.6 Å². The van der Waals surface area contributed by atoms with Crippen molar-refractivity contribution in [1.82, 2.24) is 0 Å². The fraction of sp³-hybridized carbons (Fsp3) is 0.100. The van der Waals surface area contributed by atoms with Crippen molar-refractivity contribution in [3.8, 4) is 0 Å². The van der Waals surface area contributed by atoms with Gasteiger partial charge in [-0.05, 0) is 248 Å². The van der Waals surface area contributed by atoms with Crippen LogP contribution in [0.2, 0.25) is 0 Å². The number of hydrogen-bond donors (Lipinski definition) is 0. The molecular formula is C60O3. The van der Waals surface area contributed by atoms with Crippen molar-refractivity contribution >= 4 is 248 Å². The molecule has 3 heterocycles. The minimum Gasteiger partial charge on any atom is -0.345 e. The first-order valence-electron chi connectivity index (χ1n) is 23.7. The highest BCUT2D eigenvalue weighted by Gasteiger charge is 3.12. The van der Waals surface area contributed by atoms with Crippen molar-refractivity contribution < 1.29 is 14.2 Å². The van der Waals surface area contributed by atoms with Gasteiger partial charge in [-0.2, -0.15) is 0 Å². The second-order valence-corrected chi connectivity index (χ2v) is 24.6. The number of rotatable bonds is 0. The first-order chi connectivity index (χ1) is 31.3. The van der Waals surface area contributed by atoms with Crippen LogP contribution in [0, 0.1) is 0 Å². The zero-order valence-corrected chi connectivity index (χ0v) is 31.2. The van der Waals surface area contributed by atoms with Crippen LogP contribution in [0.25, 0.3) is 248 Å². The molecule has 0 bridgehead atoms. The highest BCUT2D eigenvalue weighted by Crippen LogP contribution is 3.06. The van der Waals surface area contributed by atoms with Crippen LogP contribution in [-0.2, 0) is 47.8 Å². The Hall–Kier alpha value is -7.14. The van der Waals surface area contributed by atoms with Crippen LogP contribution in [0.1, 0.15) is 44.5 Å². The maximum Gasteiger partial charge on any atom is 0.170 e. The molecule has 35 rings (SSSR count). The third-order valence-corrected chi connectivity index (χ3v) is 25.3. The molecule has 0 saturated carbocycles. The zero-order chi connectivity index (χ0) is 36.3. The van der Waals surface area contributed by atoms with E-state index in [1.54, 1.807) is 281 Å². The van der Waals surface area contributed by atoms with Gasteiger partial charge in [-0.15, -0.1) is 0 Å². The van der Waals surface area contributed by atoms with Crippen molar-refractivity contribution in [1.29, 1.82) is 0 Å². The number of epoxide rings is 3. The summed E-state index contributed by atoms with van der Waals surface area (Å²) >= 11 is 0. The predicted octanol–water partition coefficient (Wildman–Crippen LogP) is 13.9. The fourth-order valence-electron chi connectivity index (χ4n) is 25.7. The highest BCUT2D eigenvalue weighted by atomic mass is 16.8. The quantitative estimate of drug-likeness (QED) is 0.114. The summed E-state index contributed by atoms with van der Waals surface area (Å²) in [4.78, 5) is 0. The third-order valence-electron chi connectivity index (χ3n) is 25.3. The summed E-state index contributed by atoms with van der Waals surface area (Å²) in [5.74, 6) is 0. The Morgan fingerprint density at radius 2 is 0.317 bits per heavy atom. The normalized spacial score (nSPS) is 34.9. The van der Waals surface area contributed by atoms with Gasteiger partial charge in [-0.25, -0.2) is 0 Å². The second-order valence-electron chi connectivity index (χ2n) is 24.6. The monoisotopic (exact) mass is 768 g/mol. The third kappa shape index (κ3) is 0.931. The molecule has 6 unspecified atom stereocenters. The van der Waals surface area contributed by atoms with Crippen LogP contribution in [0.4, 0.5) is 0 Å². The molecule has 6 spiro atoms. The van der Waals surface area contributed by atoms with E-state index in [4.69, 9.17) is 14.2 Å². The van der Waals surface area contributed by atoms with Gasteiger partial charge in [0.2, 0.25) is 0 Å². The molecule has 258 valence electrons. The molecule has 6 atom stereocenters. The molecule has 0 aromatic heterocycles. The summed E-state index contributed by atoms with van der Waals surface area (Å²) in [6.45, 7) is 0. The summed E-state index contributed by atoms with van der Waals surface area (Å²) in [5, 5.41) is 74.0. The standard InChI is InChI=1S/C60O3/c61-55-47-37-29-21-13-5-1-2-4-8-12-6(2)14-9-3(1)7-11(5)23(29)31-25-15(7)19-17(9)27-22(14)30-24(12)32-26-16(8)20-18(10(4)13)28(21)40(47)44-34(20)36(26)46-50-42(32)38(30)48-39(27)43-33(19)35(25)45-49(41(31)37)57(55,61)59-53(45)51(43)56(48)58(50,62-56)60(59,63-59)54(46)52(44)55. The second kappa shape index (κ2) is 4.23. The van der Waals surface area contributed by atoms with Gasteiger partial charge in [-0.3, -0.25) is 0 Å². The van der Waals surface area contributed by atoms with E-state index in [0.29, 0.717) is 0 Å². The van der Waals surface area contributed by atoms with Crippen LogP contribution in [0.5, 0.6) is 0 Å². The number of ether oxygens (including phenoxy) is 3. The molecule has 24 aromatic rings. The van der Waals surface area contributed by atoms with Crippen molar-refractivity contribution in [2.75, 3.05) is 0 Å². The van der Waals surface area contributed by atoms with Gasteiger partial charge >= 0.3 is 0 Å². The van der Waals surface area contributed by atoms with E-state index in [1.807, 2.05) is 0 Å². The molecule has 63 heavy (non-hydrogen) atoms. The zero-order valence-electron chi connectivity index (χ0n) is 31.2. The smallest absolute Gasteiger partial charge is 0.170 e. The van der Waals surface area contributed by atoms with Crippen molar-refractivity contribution in [3.63, 3.8) is 0 Å². The molecule has 11 aliphatic rings. The van der Waals surface area contributed by atoms with Gasteiger partial charge in [0.15, 0.2) is 33.6 Å². The Kier molecular flexibility index (Phi) is 1.43. The molecule has 24 aromatic carbocycles. The van der Waals surface area contributed by atoms with Crippen molar-refractivity contribution in [3.05, 3.63) is 44.5 Å². The first kappa shape index (κ1) is 21.3. The van der Waals surface area contributed by atoms with Crippen molar-refractivity contribution in [2.24, 2.45) is 0 Å². The van der Waals surface area contributed by atoms with Gasteiger partial charge < -0.3 is 14.2 Å². The molecule has 3 nitrogen and oxygen atoms in total. The predicted molar refractivity (Wildman–Crippen MR) is 247 cm³/mol. The van der Waals surface area contributed by atoms with E-state index in [9.17, 15) is 0 Å². The lowest BCUT2D eigenvalue weighted by atomic mass is 9.53. The van der Waals surface area contributed by atoms with Crippen LogP contribution < -0.4 is 0 Å². The molecule has 0 amide bonds. The maximum atomic E-state index is 8.42. The molecule has 8 aliphatic carbocycles. The van der Waals surface area contributed by atoms with Crippen LogP contribution in [0.3, 0.4) is 0 Å². The van der Waals surface area contributed by atoms with Gasteiger partial charge in [0, 0.05) is 44.5 Å². The Bertz CT molecular complexity index is 6570. The molecule has 3 aliphatic heterocycles. The van der Waals surface area contributed by atoms with E-state index >= 15 is 0 Å². The Balaban J connectivity index is 1.25. The minimum atomic E-state index is -0.614. The van der Waals surface area contributed by atoms with E-state index < -0.39 is 33.6 Å². The molecule has 3 saturated heterocycles. The summed E-state index contributed by atoms with van der Waals surface area (Å²) < 4.78 is 25.2. The van der Waals surface area contributed by atoms with E-state index in [2.05, 4.69) is 0 Å². The topological polar surface area (TPSA) is 37.6 Å². The Morgan fingerprint density at radius 1 is 0.127 bits per heavy atom. The van der Waals surface area contributed by atoms with E-state index in [0.717, 1.165) is 0 Å². The lowest BCUT2D eigenvalue weighted by Gasteiger charge is -2.37. The van der Waals surface area contributed by atoms with Gasteiger partial charge in [0.05, 0.1) is 0 Å². The largest absolute Gasteiger partial charge is 0.345 e. The van der Waals surface area contributed by atoms with Crippen LogP contribution in [-0.4, -0.2) is 0 Å². The maximum absolute atomic E-state index is 8.42. The number of hydrogen-bond acceptors (Lipinski definition) is 3. The average Bonchev–Trinajstić information content (AvgIpc) is 3.58. The van der Waals surface area contributed by atoms with Gasteiger partial charge in [-0.1, -0.05) is 0 Å². The van der Waals surface area contributed by atoms with E-state index in [1.165, 1.54) is 11.1 Å². The number of benzene rings is 16. The SMILES string of the molecule is O1C23c4c5c6c7c8c9c%10c%11c%12c%13c%14c%15c(c%16c%17c2c2c4c4c6c6c8c8c9c9c%11c%11c%18c%12c%15c%12c%16c%15c%17c%16c2c2c4c6c4c8c6c9c%11c8c(c%12%18)c%15c9c%16c2c4c6c98)C13C%141OC51C71OC%13%101. The molecule has 3 heteroatoms. The van der Waals surface area contributed by atoms with E-state index in [-0.39, 0.29) is 0 Å². The highest BCUT2D eigenvalue weighted by molar-refractivity contribution is 6.79. The van der Waals surface area contributed by atoms with Gasteiger partial charge in [0.25, 0.3) is 0 Å². The van der Waals surface area contributed by atoms with Gasteiger partial charge in [0.1, 0.15) is 0 Å². The summed E-state index contributed by atoms with van der Waals surface area (Å²) in [7, 11) is 0.